The second kappa shape index (κ2) is 8.74. The SMILES string of the molecule is CC(=O)OC(C)OC(=O)Cc1ccccc1Nc1c(Cl)cccc1Cl. The van der Waals surface area contributed by atoms with Gasteiger partial charge in [-0.3, -0.25) is 9.59 Å². The highest BCUT2D eigenvalue weighted by Crippen LogP contribution is 2.33. The molecule has 0 radical (unpaired) electrons. The number of nitrogens with one attached hydrogen (secondary N) is 1. The van der Waals surface area contributed by atoms with Crippen molar-refractivity contribution in [3.05, 3.63) is 58.1 Å². The van der Waals surface area contributed by atoms with Crippen LogP contribution in [-0.4, -0.2) is 18.2 Å². The maximum Gasteiger partial charge on any atom is 0.313 e. The minimum absolute atomic E-state index is 0.00313. The van der Waals surface area contributed by atoms with E-state index >= 15 is 0 Å². The number of hydrogen-bond donors (Lipinski definition) is 1. The van der Waals surface area contributed by atoms with Crippen LogP contribution < -0.4 is 5.32 Å². The first-order valence-corrected chi connectivity index (χ1v) is 8.28. The monoisotopic (exact) mass is 381 g/mol. The number of anilines is 2. The molecule has 1 atom stereocenters. The van der Waals surface area contributed by atoms with Crippen LogP contribution in [-0.2, 0) is 25.5 Å². The minimum Gasteiger partial charge on any atom is -0.426 e. The average molecular weight is 382 g/mol. The molecule has 0 aliphatic rings. The first-order valence-electron chi connectivity index (χ1n) is 7.52. The highest BCUT2D eigenvalue weighted by molar-refractivity contribution is 6.39. The van der Waals surface area contributed by atoms with Crippen LogP contribution in [0, 0.1) is 0 Å². The van der Waals surface area contributed by atoms with E-state index < -0.39 is 18.2 Å². The van der Waals surface area contributed by atoms with Crippen LogP contribution >= 0.6 is 23.2 Å². The van der Waals surface area contributed by atoms with Crippen molar-refractivity contribution >= 4 is 46.5 Å². The largest absolute Gasteiger partial charge is 0.426 e. The van der Waals surface area contributed by atoms with Gasteiger partial charge in [0, 0.05) is 19.5 Å². The Morgan fingerprint density at radius 3 is 2.32 bits per heavy atom. The summed E-state index contributed by atoms with van der Waals surface area (Å²) in [6.07, 6.45) is -0.945. The number of ether oxygens (including phenoxy) is 2. The number of carbonyl (C=O) groups excluding carboxylic acids is 2. The van der Waals surface area contributed by atoms with Crippen molar-refractivity contribution in [2.75, 3.05) is 5.32 Å². The summed E-state index contributed by atoms with van der Waals surface area (Å²) in [6.45, 7) is 2.73. The standard InChI is InChI=1S/C18H17Cl2NO4/c1-11(22)24-12(2)25-17(23)10-13-6-3-4-9-16(13)21-18-14(19)7-5-8-15(18)20/h3-9,12,21H,10H2,1-2H3. The van der Waals surface area contributed by atoms with Gasteiger partial charge in [-0.15, -0.1) is 0 Å². The molecule has 5 nitrogen and oxygen atoms in total. The van der Waals surface area contributed by atoms with Gasteiger partial charge in [0.15, 0.2) is 0 Å². The first-order chi connectivity index (χ1) is 11.9. The van der Waals surface area contributed by atoms with Crippen molar-refractivity contribution in [2.45, 2.75) is 26.6 Å². The van der Waals surface area contributed by atoms with Gasteiger partial charge >= 0.3 is 11.9 Å². The highest BCUT2D eigenvalue weighted by Gasteiger charge is 2.15. The van der Waals surface area contributed by atoms with Crippen LogP contribution in [0.4, 0.5) is 11.4 Å². The first kappa shape index (κ1) is 19.1. The Hall–Kier alpha value is -2.24. The van der Waals surface area contributed by atoms with Gasteiger partial charge in [-0.2, -0.15) is 0 Å². The molecule has 25 heavy (non-hydrogen) atoms. The van der Waals surface area contributed by atoms with E-state index in [9.17, 15) is 9.59 Å². The minimum atomic E-state index is -0.942. The Bertz CT molecular complexity index is 759. The predicted octanol–water partition coefficient (Wildman–Crippen LogP) is 4.73. The molecule has 0 bridgehead atoms. The van der Waals surface area contributed by atoms with E-state index in [1.54, 1.807) is 36.4 Å². The summed E-state index contributed by atoms with van der Waals surface area (Å²) in [5, 5.41) is 4.08. The zero-order chi connectivity index (χ0) is 18.4. The van der Waals surface area contributed by atoms with Gasteiger partial charge in [-0.1, -0.05) is 47.5 Å². The Labute approximate surface area is 155 Å². The summed E-state index contributed by atoms with van der Waals surface area (Å²) in [5.74, 6) is -1.04. The number of para-hydroxylation sites is 2. The molecular weight excluding hydrogens is 365 g/mol. The molecule has 0 spiro atoms. The third-order valence-corrected chi connectivity index (χ3v) is 3.83. The molecule has 0 saturated carbocycles. The van der Waals surface area contributed by atoms with Gasteiger partial charge in [0.05, 0.1) is 22.2 Å². The molecule has 2 rings (SSSR count). The lowest BCUT2D eigenvalue weighted by Gasteiger charge is -2.16. The summed E-state index contributed by atoms with van der Waals surface area (Å²) in [4.78, 5) is 22.9. The average Bonchev–Trinajstić information content (AvgIpc) is 2.51. The lowest BCUT2D eigenvalue weighted by atomic mass is 10.1. The molecular formula is C18H17Cl2NO4. The topological polar surface area (TPSA) is 64.6 Å². The molecule has 0 aliphatic heterocycles. The van der Waals surface area contributed by atoms with Crippen molar-refractivity contribution in [2.24, 2.45) is 0 Å². The molecule has 1 N–H and O–H groups in total. The Balaban J connectivity index is 2.13. The van der Waals surface area contributed by atoms with Gasteiger partial charge in [0.25, 0.3) is 0 Å². The van der Waals surface area contributed by atoms with Crippen molar-refractivity contribution in [3.63, 3.8) is 0 Å². The maximum atomic E-state index is 12.0. The molecule has 0 aliphatic carbocycles. The van der Waals surface area contributed by atoms with Gasteiger partial charge < -0.3 is 14.8 Å². The maximum absolute atomic E-state index is 12.0. The van der Waals surface area contributed by atoms with Crippen LogP contribution in [0.3, 0.4) is 0 Å². The molecule has 0 amide bonds. The normalized spacial score (nSPS) is 11.5. The van der Waals surface area contributed by atoms with Crippen molar-refractivity contribution < 1.29 is 19.1 Å². The second-order valence-corrected chi connectivity index (χ2v) is 6.04. The lowest BCUT2D eigenvalue weighted by Crippen LogP contribution is -2.21. The van der Waals surface area contributed by atoms with Crippen LogP contribution in [0.5, 0.6) is 0 Å². The summed E-state index contributed by atoms with van der Waals surface area (Å²) < 4.78 is 9.84. The van der Waals surface area contributed by atoms with E-state index in [4.69, 9.17) is 32.7 Å². The third-order valence-electron chi connectivity index (χ3n) is 3.20. The quantitative estimate of drug-likeness (QED) is 0.578. The molecule has 0 heterocycles. The van der Waals surface area contributed by atoms with Gasteiger partial charge in [0.1, 0.15) is 0 Å². The number of halogens is 2. The Kier molecular flexibility index (Phi) is 6.67. The zero-order valence-corrected chi connectivity index (χ0v) is 15.2. The van der Waals surface area contributed by atoms with E-state index in [2.05, 4.69) is 5.32 Å². The Morgan fingerprint density at radius 2 is 1.68 bits per heavy atom. The van der Waals surface area contributed by atoms with E-state index in [1.807, 2.05) is 6.07 Å². The zero-order valence-electron chi connectivity index (χ0n) is 13.7. The fraction of sp³-hybridized carbons (Fsp3) is 0.222. The third kappa shape index (κ3) is 5.66. The van der Waals surface area contributed by atoms with Crippen molar-refractivity contribution in [1.82, 2.24) is 0 Å². The second-order valence-electron chi connectivity index (χ2n) is 5.22. The Morgan fingerprint density at radius 1 is 1.04 bits per heavy atom. The molecule has 132 valence electrons. The molecule has 2 aromatic carbocycles. The molecule has 0 fully saturated rings. The molecule has 0 aromatic heterocycles. The number of benzene rings is 2. The van der Waals surface area contributed by atoms with Crippen molar-refractivity contribution in [3.8, 4) is 0 Å². The highest BCUT2D eigenvalue weighted by atomic mass is 35.5. The number of rotatable bonds is 6. The summed E-state index contributed by atoms with van der Waals surface area (Å²) >= 11 is 12.3. The molecule has 1 unspecified atom stereocenters. The number of hydrogen-bond acceptors (Lipinski definition) is 5. The summed E-state index contributed by atoms with van der Waals surface area (Å²) in [7, 11) is 0. The van der Waals surface area contributed by atoms with Gasteiger partial charge in [-0.25, -0.2) is 0 Å². The van der Waals surface area contributed by atoms with Crippen molar-refractivity contribution in [1.29, 1.82) is 0 Å². The number of carbonyl (C=O) groups is 2. The van der Waals surface area contributed by atoms with Crippen LogP contribution in [0.2, 0.25) is 10.0 Å². The molecule has 7 heteroatoms. The van der Waals surface area contributed by atoms with Gasteiger partial charge in [-0.05, 0) is 23.8 Å². The smallest absolute Gasteiger partial charge is 0.313 e. The van der Waals surface area contributed by atoms with Crippen LogP contribution in [0.15, 0.2) is 42.5 Å². The predicted molar refractivity (Wildman–Crippen MR) is 97.2 cm³/mol. The molecule has 0 saturated heterocycles. The van der Waals surface area contributed by atoms with Gasteiger partial charge in [0.2, 0.25) is 6.29 Å². The summed E-state index contributed by atoms with van der Waals surface area (Å²) in [6, 6.07) is 12.4. The molecule has 2 aromatic rings. The fourth-order valence-electron chi connectivity index (χ4n) is 2.19. The van der Waals surface area contributed by atoms with E-state index in [1.165, 1.54) is 13.8 Å². The van der Waals surface area contributed by atoms with Crippen LogP contribution in [0.1, 0.15) is 19.4 Å². The van der Waals surface area contributed by atoms with E-state index in [-0.39, 0.29) is 6.42 Å². The number of esters is 2. The summed E-state index contributed by atoms with van der Waals surface area (Å²) in [5.41, 5.74) is 1.92. The van der Waals surface area contributed by atoms with E-state index in [0.29, 0.717) is 27.0 Å². The fourth-order valence-corrected chi connectivity index (χ4v) is 2.68. The van der Waals surface area contributed by atoms with E-state index in [0.717, 1.165) is 0 Å². The van der Waals surface area contributed by atoms with Crippen LogP contribution in [0.25, 0.3) is 0 Å². The lowest BCUT2D eigenvalue weighted by molar-refractivity contribution is -0.182.